The third-order valence-corrected chi connectivity index (χ3v) is 3.99. The first-order chi connectivity index (χ1) is 9.76. The maximum Gasteiger partial charge on any atom is 0.174 e. The fourth-order valence-corrected chi connectivity index (χ4v) is 2.75. The van der Waals surface area contributed by atoms with Crippen LogP contribution in [0.25, 0.3) is 0 Å². The van der Waals surface area contributed by atoms with E-state index in [-0.39, 0.29) is 0 Å². The lowest BCUT2D eigenvalue weighted by Gasteiger charge is -2.16. The minimum Gasteiger partial charge on any atom is -0.167 e. The number of unbranched alkanes of at least 4 members (excludes halogenated alkanes) is 4. The SMILES string of the molecule is CCCCCC(CCCC)CCCCc1nnn(C)n1. The van der Waals surface area contributed by atoms with Gasteiger partial charge in [0.05, 0.1) is 7.05 Å². The van der Waals surface area contributed by atoms with Gasteiger partial charge in [0.2, 0.25) is 0 Å². The second-order valence-electron chi connectivity index (χ2n) is 5.94. The van der Waals surface area contributed by atoms with E-state index < -0.39 is 0 Å². The van der Waals surface area contributed by atoms with Gasteiger partial charge in [0.15, 0.2) is 5.82 Å². The molecule has 1 aromatic rings. The molecular formula is C16H32N4. The summed E-state index contributed by atoms with van der Waals surface area (Å²) in [5.41, 5.74) is 0. The second kappa shape index (κ2) is 10.8. The fraction of sp³-hybridized carbons (Fsp3) is 0.938. The van der Waals surface area contributed by atoms with Crippen molar-refractivity contribution in [3.63, 3.8) is 0 Å². The van der Waals surface area contributed by atoms with Gasteiger partial charge in [0.1, 0.15) is 0 Å². The topological polar surface area (TPSA) is 43.6 Å². The smallest absolute Gasteiger partial charge is 0.167 e. The summed E-state index contributed by atoms with van der Waals surface area (Å²) < 4.78 is 0. The Morgan fingerprint density at radius 3 is 2.15 bits per heavy atom. The Kier molecular flexibility index (Phi) is 9.25. The van der Waals surface area contributed by atoms with Crippen molar-refractivity contribution in [3.05, 3.63) is 5.82 Å². The van der Waals surface area contributed by atoms with E-state index in [1.165, 1.54) is 64.2 Å². The maximum absolute atomic E-state index is 4.23. The molecule has 0 spiro atoms. The first-order valence-electron chi connectivity index (χ1n) is 8.49. The van der Waals surface area contributed by atoms with Crippen molar-refractivity contribution in [1.82, 2.24) is 20.2 Å². The number of rotatable bonds is 12. The molecule has 0 saturated carbocycles. The Balaban J connectivity index is 2.15. The van der Waals surface area contributed by atoms with E-state index in [1.807, 2.05) is 7.05 Å². The van der Waals surface area contributed by atoms with Gasteiger partial charge in [-0.15, -0.1) is 10.2 Å². The molecule has 1 atom stereocenters. The summed E-state index contributed by atoms with van der Waals surface area (Å²) in [6.45, 7) is 4.58. The van der Waals surface area contributed by atoms with Gasteiger partial charge in [-0.05, 0) is 17.6 Å². The van der Waals surface area contributed by atoms with Gasteiger partial charge >= 0.3 is 0 Å². The van der Waals surface area contributed by atoms with Crippen molar-refractivity contribution in [1.29, 1.82) is 0 Å². The molecule has 4 nitrogen and oxygen atoms in total. The summed E-state index contributed by atoms with van der Waals surface area (Å²) in [6, 6.07) is 0. The molecule has 1 unspecified atom stereocenters. The first kappa shape index (κ1) is 17.1. The maximum atomic E-state index is 4.23. The van der Waals surface area contributed by atoms with Crippen LogP contribution >= 0.6 is 0 Å². The molecule has 0 aliphatic rings. The molecule has 4 heteroatoms. The van der Waals surface area contributed by atoms with Crippen molar-refractivity contribution >= 4 is 0 Å². The monoisotopic (exact) mass is 280 g/mol. The van der Waals surface area contributed by atoms with E-state index in [4.69, 9.17) is 0 Å². The van der Waals surface area contributed by atoms with E-state index in [0.717, 1.165) is 18.2 Å². The third-order valence-electron chi connectivity index (χ3n) is 3.99. The Morgan fingerprint density at radius 1 is 0.900 bits per heavy atom. The highest BCUT2D eigenvalue weighted by molar-refractivity contribution is 4.76. The average Bonchev–Trinajstić information content (AvgIpc) is 2.86. The van der Waals surface area contributed by atoms with Gasteiger partial charge < -0.3 is 0 Å². The molecule has 1 aromatic heterocycles. The fourth-order valence-electron chi connectivity index (χ4n) is 2.75. The van der Waals surface area contributed by atoms with Gasteiger partial charge in [0.25, 0.3) is 0 Å². The zero-order chi connectivity index (χ0) is 14.6. The molecular weight excluding hydrogens is 248 g/mol. The molecule has 0 aliphatic carbocycles. The Hall–Kier alpha value is -0.930. The lowest BCUT2D eigenvalue weighted by atomic mass is 9.90. The lowest BCUT2D eigenvalue weighted by Crippen LogP contribution is -2.02. The van der Waals surface area contributed by atoms with E-state index in [2.05, 4.69) is 29.3 Å². The minimum absolute atomic E-state index is 0.892. The molecule has 0 bridgehead atoms. The molecule has 0 fully saturated rings. The lowest BCUT2D eigenvalue weighted by molar-refractivity contribution is 0.376. The van der Waals surface area contributed by atoms with E-state index >= 15 is 0 Å². The van der Waals surface area contributed by atoms with E-state index in [9.17, 15) is 0 Å². The summed E-state index contributed by atoms with van der Waals surface area (Å²) in [5, 5.41) is 12.2. The Labute approximate surface area is 124 Å². The molecule has 0 N–H and O–H groups in total. The highest BCUT2D eigenvalue weighted by atomic mass is 15.6. The molecule has 0 aromatic carbocycles. The first-order valence-corrected chi connectivity index (χ1v) is 8.49. The van der Waals surface area contributed by atoms with Crippen LogP contribution in [0, 0.1) is 5.92 Å². The number of tetrazole rings is 1. The highest BCUT2D eigenvalue weighted by Gasteiger charge is 2.08. The molecule has 0 saturated heterocycles. The predicted octanol–water partition coefficient (Wildman–Crippen LogP) is 4.31. The minimum atomic E-state index is 0.892. The van der Waals surface area contributed by atoms with Crippen LogP contribution in [-0.4, -0.2) is 20.2 Å². The summed E-state index contributed by atoms with van der Waals surface area (Å²) >= 11 is 0. The molecule has 0 aliphatic heterocycles. The van der Waals surface area contributed by atoms with Crippen molar-refractivity contribution in [2.45, 2.75) is 84.5 Å². The molecule has 1 heterocycles. The van der Waals surface area contributed by atoms with Gasteiger partial charge in [-0.2, -0.15) is 4.80 Å². The zero-order valence-electron chi connectivity index (χ0n) is 13.6. The van der Waals surface area contributed by atoms with Crippen LogP contribution in [-0.2, 0) is 13.5 Å². The molecule has 1 rings (SSSR count). The van der Waals surface area contributed by atoms with E-state index in [1.54, 1.807) is 4.80 Å². The van der Waals surface area contributed by atoms with Crippen LogP contribution in [0.15, 0.2) is 0 Å². The number of nitrogens with zero attached hydrogens (tertiary/aromatic N) is 4. The quantitative estimate of drug-likeness (QED) is 0.536. The third kappa shape index (κ3) is 7.61. The summed E-state index contributed by atoms with van der Waals surface area (Å²) in [6.07, 6.45) is 14.6. The van der Waals surface area contributed by atoms with Crippen LogP contribution in [0.1, 0.15) is 83.9 Å². The molecule has 0 amide bonds. The van der Waals surface area contributed by atoms with Crippen LogP contribution in [0.3, 0.4) is 0 Å². The standard InChI is InChI=1S/C16H32N4/c1-4-6-8-12-15(11-7-5-2)13-9-10-14-16-17-19-20(3)18-16/h15H,4-14H2,1-3H3. The van der Waals surface area contributed by atoms with Crippen LogP contribution in [0.2, 0.25) is 0 Å². The van der Waals surface area contributed by atoms with E-state index in [0.29, 0.717) is 0 Å². The second-order valence-corrected chi connectivity index (χ2v) is 5.94. The van der Waals surface area contributed by atoms with Crippen molar-refractivity contribution in [2.75, 3.05) is 0 Å². The largest absolute Gasteiger partial charge is 0.174 e. The molecule has 116 valence electrons. The van der Waals surface area contributed by atoms with Crippen molar-refractivity contribution in [3.8, 4) is 0 Å². The molecule has 0 radical (unpaired) electrons. The van der Waals surface area contributed by atoms with Gasteiger partial charge in [-0.1, -0.05) is 71.6 Å². The number of hydrogen-bond donors (Lipinski definition) is 0. The van der Waals surface area contributed by atoms with Gasteiger partial charge in [-0.3, -0.25) is 0 Å². The van der Waals surface area contributed by atoms with Crippen LogP contribution in [0.4, 0.5) is 0 Å². The van der Waals surface area contributed by atoms with Crippen molar-refractivity contribution < 1.29 is 0 Å². The van der Waals surface area contributed by atoms with Crippen LogP contribution in [0.5, 0.6) is 0 Å². The predicted molar refractivity (Wildman–Crippen MR) is 83.5 cm³/mol. The van der Waals surface area contributed by atoms with Gasteiger partial charge in [-0.25, -0.2) is 0 Å². The van der Waals surface area contributed by atoms with Gasteiger partial charge in [0, 0.05) is 6.42 Å². The number of aromatic nitrogens is 4. The van der Waals surface area contributed by atoms with Crippen LogP contribution < -0.4 is 0 Å². The highest BCUT2D eigenvalue weighted by Crippen LogP contribution is 2.22. The number of hydrogen-bond acceptors (Lipinski definition) is 3. The summed E-state index contributed by atoms with van der Waals surface area (Å²) in [4.78, 5) is 1.55. The zero-order valence-corrected chi connectivity index (χ0v) is 13.6. The normalized spacial score (nSPS) is 12.8. The Bertz CT molecular complexity index is 335. The Morgan fingerprint density at radius 2 is 1.55 bits per heavy atom. The molecule has 20 heavy (non-hydrogen) atoms. The summed E-state index contributed by atoms with van der Waals surface area (Å²) in [5.74, 6) is 1.83. The van der Waals surface area contributed by atoms with Crippen molar-refractivity contribution in [2.24, 2.45) is 13.0 Å². The number of aryl methyl sites for hydroxylation is 2. The summed E-state index contributed by atoms with van der Waals surface area (Å²) in [7, 11) is 1.82. The average molecular weight is 280 g/mol.